The second-order valence-electron chi connectivity index (χ2n) is 5.38. The van der Waals surface area contributed by atoms with E-state index in [-0.39, 0.29) is 6.61 Å². The highest BCUT2D eigenvalue weighted by Gasteiger charge is 2.10. The van der Waals surface area contributed by atoms with Crippen molar-refractivity contribution in [2.45, 2.75) is 19.2 Å². The Balaban J connectivity index is 2.09. The van der Waals surface area contributed by atoms with Crippen molar-refractivity contribution >= 4 is 0 Å². The molecule has 0 radical (unpaired) electrons. The van der Waals surface area contributed by atoms with E-state index < -0.39 is 6.10 Å². The maximum absolute atomic E-state index is 9.49. The Bertz CT molecular complexity index is 572. The number of hydrogen-bond acceptors (Lipinski definition) is 5. The van der Waals surface area contributed by atoms with Crippen molar-refractivity contribution in [2.24, 2.45) is 0 Å². The van der Waals surface area contributed by atoms with Crippen molar-refractivity contribution in [1.82, 2.24) is 14.7 Å². The Kier molecular flexibility index (Phi) is 5.94. The third-order valence-corrected chi connectivity index (χ3v) is 3.42. The Morgan fingerprint density at radius 2 is 2.23 bits per heavy atom. The van der Waals surface area contributed by atoms with E-state index in [2.05, 4.69) is 11.2 Å². The molecule has 0 aliphatic carbocycles. The molecule has 0 aliphatic rings. The lowest BCUT2D eigenvalue weighted by Gasteiger charge is -2.20. The van der Waals surface area contributed by atoms with E-state index in [1.807, 2.05) is 41.0 Å². The van der Waals surface area contributed by atoms with Gasteiger partial charge in [-0.05, 0) is 30.8 Å². The minimum Gasteiger partial charge on any atom is -0.496 e. The summed E-state index contributed by atoms with van der Waals surface area (Å²) in [5.41, 5.74) is 2.18. The Hall–Kier alpha value is -1.89. The zero-order valence-corrected chi connectivity index (χ0v) is 13.0. The molecule has 0 saturated carbocycles. The summed E-state index contributed by atoms with van der Waals surface area (Å²) in [7, 11) is 3.57. The lowest BCUT2D eigenvalue weighted by Crippen LogP contribution is -2.31. The first-order valence-corrected chi connectivity index (χ1v) is 7.23. The third kappa shape index (κ3) is 4.56. The number of hydrogen-bond donors (Lipinski definition) is 2. The number of aliphatic hydroxyl groups excluding tert-OH is 2. The molecular formula is C16H23N3O3. The summed E-state index contributed by atoms with van der Waals surface area (Å²) in [5, 5.41) is 22.6. The van der Waals surface area contributed by atoms with Crippen LogP contribution in [0.2, 0.25) is 0 Å². The summed E-state index contributed by atoms with van der Waals surface area (Å²) in [6.45, 7) is 1.54. The van der Waals surface area contributed by atoms with E-state index in [4.69, 9.17) is 9.84 Å². The number of rotatable bonds is 8. The fourth-order valence-corrected chi connectivity index (χ4v) is 2.42. The van der Waals surface area contributed by atoms with E-state index in [0.29, 0.717) is 19.6 Å². The molecule has 6 heteroatoms. The molecule has 1 atom stereocenters. The molecule has 6 nitrogen and oxygen atoms in total. The van der Waals surface area contributed by atoms with Crippen molar-refractivity contribution in [1.29, 1.82) is 0 Å². The Labute approximate surface area is 130 Å². The fraction of sp³-hybridized carbons (Fsp3) is 0.438. The van der Waals surface area contributed by atoms with Crippen LogP contribution in [0.5, 0.6) is 5.75 Å². The van der Waals surface area contributed by atoms with Crippen LogP contribution in [0, 0.1) is 0 Å². The molecule has 1 aromatic heterocycles. The van der Waals surface area contributed by atoms with Crippen LogP contribution in [0.25, 0.3) is 0 Å². The largest absolute Gasteiger partial charge is 0.496 e. The zero-order valence-electron chi connectivity index (χ0n) is 13.0. The van der Waals surface area contributed by atoms with E-state index in [0.717, 1.165) is 16.9 Å². The number of aromatic nitrogens is 2. The number of ether oxygens (including phenoxy) is 1. The highest BCUT2D eigenvalue weighted by molar-refractivity contribution is 5.37. The molecule has 0 saturated heterocycles. The van der Waals surface area contributed by atoms with Gasteiger partial charge in [0.1, 0.15) is 5.75 Å². The first-order chi connectivity index (χ1) is 10.6. The SMILES string of the molecule is COc1ccc(CN(C)C[C@@H](O)CO)cc1Cn1cccn1. The van der Waals surface area contributed by atoms with E-state index in [1.54, 1.807) is 13.3 Å². The maximum atomic E-state index is 9.49. The first-order valence-electron chi connectivity index (χ1n) is 7.23. The van der Waals surface area contributed by atoms with Gasteiger partial charge in [0.15, 0.2) is 0 Å². The minimum absolute atomic E-state index is 0.225. The summed E-state index contributed by atoms with van der Waals surface area (Å²) in [4.78, 5) is 1.97. The second-order valence-corrected chi connectivity index (χ2v) is 5.38. The lowest BCUT2D eigenvalue weighted by atomic mass is 10.1. The summed E-state index contributed by atoms with van der Waals surface area (Å²) in [6, 6.07) is 7.93. The second kappa shape index (κ2) is 7.93. The first kappa shape index (κ1) is 16.5. The van der Waals surface area contributed by atoms with Crippen molar-refractivity contribution in [3.8, 4) is 5.75 Å². The molecule has 0 aliphatic heterocycles. The number of methoxy groups -OCH3 is 1. The molecule has 1 aromatic carbocycles. The van der Waals surface area contributed by atoms with E-state index >= 15 is 0 Å². The van der Waals surface area contributed by atoms with Gasteiger partial charge in [-0.15, -0.1) is 0 Å². The van der Waals surface area contributed by atoms with Crippen LogP contribution in [0.3, 0.4) is 0 Å². The van der Waals surface area contributed by atoms with Gasteiger partial charge in [0.2, 0.25) is 0 Å². The van der Waals surface area contributed by atoms with Crippen LogP contribution in [-0.4, -0.2) is 58.3 Å². The molecule has 2 rings (SSSR count). The van der Waals surface area contributed by atoms with Crippen LogP contribution in [-0.2, 0) is 13.1 Å². The number of aliphatic hydroxyl groups is 2. The predicted molar refractivity (Wildman–Crippen MR) is 83.7 cm³/mol. The minimum atomic E-state index is -0.716. The zero-order chi connectivity index (χ0) is 15.9. The van der Waals surface area contributed by atoms with Crippen LogP contribution in [0.1, 0.15) is 11.1 Å². The van der Waals surface area contributed by atoms with Gasteiger partial charge in [-0.25, -0.2) is 0 Å². The predicted octanol–water partition coefficient (Wildman–Crippen LogP) is 0.725. The number of benzene rings is 1. The van der Waals surface area contributed by atoms with Gasteiger partial charge in [-0.1, -0.05) is 6.07 Å². The summed E-state index contributed by atoms with van der Waals surface area (Å²) < 4.78 is 7.26. The van der Waals surface area contributed by atoms with Crippen LogP contribution < -0.4 is 4.74 Å². The molecule has 2 aromatic rings. The normalized spacial score (nSPS) is 12.6. The number of likely N-dealkylation sites (N-methyl/N-ethyl adjacent to an activating group) is 1. The monoisotopic (exact) mass is 305 g/mol. The van der Waals surface area contributed by atoms with Gasteiger partial charge in [0.05, 0.1) is 26.4 Å². The van der Waals surface area contributed by atoms with Crippen molar-refractivity contribution < 1.29 is 14.9 Å². The average Bonchev–Trinajstić information content (AvgIpc) is 3.00. The third-order valence-electron chi connectivity index (χ3n) is 3.42. The molecule has 0 spiro atoms. The van der Waals surface area contributed by atoms with Gasteiger partial charge < -0.3 is 14.9 Å². The highest BCUT2D eigenvalue weighted by atomic mass is 16.5. The van der Waals surface area contributed by atoms with Gasteiger partial charge in [-0.2, -0.15) is 5.10 Å². The summed E-state index contributed by atoms with van der Waals surface area (Å²) in [6.07, 6.45) is 2.95. The van der Waals surface area contributed by atoms with Gasteiger partial charge in [-0.3, -0.25) is 9.58 Å². The van der Waals surface area contributed by atoms with E-state index in [1.165, 1.54) is 0 Å². The van der Waals surface area contributed by atoms with Crippen LogP contribution in [0.15, 0.2) is 36.7 Å². The van der Waals surface area contributed by atoms with E-state index in [9.17, 15) is 5.11 Å². The molecule has 120 valence electrons. The van der Waals surface area contributed by atoms with Crippen molar-refractivity contribution in [3.05, 3.63) is 47.8 Å². The lowest BCUT2D eigenvalue weighted by molar-refractivity contribution is 0.0648. The Morgan fingerprint density at radius 1 is 1.41 bits per heavy atom. The molecule has 1 heterocycles. The van der Waals surface area contributed by atoms with Crippen molar-refractivity contribution in [2.75, 3.05) is 27.3 Å². The molecule has 22 heavy (non-hydrogen) atoms. The smallest absolute Gasteiger partial charge is 0.123 e. The quantitative estimate of drug-likeness (QED) is 0.752. The fourth-order valence-electron chi connectivity index (χ4n) is 2.42. The average molecular weight is 305 g/mol. The molecule has 0 unspecified atom stereocenters. The van der Waals surface area contributed by atoms with Crippen LogP contribution >= 0.6 is 0 Å². The topological polar surface area (TPSA) is 70.8 Å². The summed E-state index contributed by atoms with van der Waals surface area (Å²) in [5.74, 6) is 0.831. The molecule has 0 fully saturated rings. The molecule has 0 amide bonds. The Morgan fingerprint density at radius 3 is 2.86 bits per heavy atom. The molecule has 2 N–H and O–H groups in total. The number of nitrogens with zero attached hydrogens (tertiary/aromatic N) is 3. The van der Waals surface area contributed by atoms with Gasteiger partial charge in [0.25, 0.3) is 0 Å². The standard InChI is InChI=1S/C16H23N3O3/c1-18(11-15(21)12-20)9-13-4-5-16(22-2)14(8-13)10-19-7-3-6-17-19/h3-8,15,20-21H,9-12H2,1-2H3/t15-/m1/s1. The van der Waals surface area contributed by atoms with Gasteiger partial charge >= 0.3 is 0 Å². The molecule has 0 bridgehead atoms. The maximum Gasteiger partial charge on any atom is 0.123 e. The van der Waals surface area contributed by atoms with Crippen LogP contribution in [0.4, 0.5) is 0 Å². The van der Waals surface area contributed by atoms with Crippen molar-refractivity contribution in [3.63, 3.8) is 0 Å². The highest BCUT2D eigenvalue weighted by Crippen LogP contribution is 2.21. The molecular weight excluding hydrogens is 282 g/mol. The summed E-state index contributed by atoms with van der Waals surface area (Å²) >= 11 is 0. The van der Waals surface area contributed by atoms with Gasteiger partial charge in [0, 0.05) is 31.0 Å².